The maximum atomic E-state index is 12.7. The summed E-state index contributed by atoms with van der Waals surface area (Å²) in [4.78, 5) is 20.0. The molecule has 6 nitrogen and oxygen atoms in total. The number of nitrogens with one attached hydrogen (secondary N) is 1. The Kier molecular flexibility index (Phi) is 5.26. The van der Waals surface area contributed by atoms with E-state index in [-0.39, 0.29) is 10.9 Å². The Morgan fingerprint density at radius 3 is 2.58 bits per heavy atom. The number of carbonyl (C=O) groups is 1. The highest BCUT2D eigenvalue weighted by Gasteiger charge is 2.24. The number of aryl methyl sites for hydroxylation is 1. The van der Waals surface area contributed by atoms with Gasteiger partial charge in [-0.15, -0.1) is 11.3 Å². The number of pyridine rings is 1. The van der Waals surface area contributed by atoms with Crippen molar-refractivity contribution >= 4 is 33.0 Å². The molecule has 33 heavy (non-hydrogen) atoms. The number of aromatic nitrogens is 1. The molecular formula is C25H21N3O3S2. The van der Waals surface area contributed by atoms with Crippen molar-refractivity contribution in [3.63, 3.8) is 0 Å². The van der Waals surface area contributed by atoms with Gasteiger partial charge in [0.25, 0.3) is 15.9 Å². The first kappa shape index (κ1) is 21.4. The summed E-state index contributed by atoms with van der Waals surface area (Å²) in [6.07, 6.45) is 1.45. The van der Waals surface area contributed by atoms with Crippen LogP contribution in [0.5, 0.6) is 0 Å². The van der Waals surface area contributed by atoms with Gasteiger partial charge in [-0.2, -0.15) is 8.42 Å². The molecule has 3 heterocycles. The van der Waals surface area contributed by atoms with E-state index in [1.165, 1.54) is 12.3 Å². The minimum Gasteiger partial charge on any atom is -0.337 e. The lowest BCUT2D eigenvalue weighted by Gasteiger charge is -2.10. The highest BCUT2D eigenvalue weighted by atomic mass is 32.2. The van der Waals surface area contributed by atoms with E-state index in [4.69, 9.17) is 0 Å². The average Bonchev–Trinajstić information content (AvgIpc) is 3.40. The fourth-order valence-corrected chi connectivity index (χ4v) is 6.00. The second kappa shape index (κ2) is 8.13. The zero-order chi connectivity index (χ0) is 23.2. The molecule has 0 unspecified atom stereocenters. The average molecular weight is 476 g/mol. The Morgan fingerprint density at radius 1 is 0.970 bits per heavy atom. The molecule has 1 amide bonds. The molecule has 1 aliphatic heterocycles. The fraction of sp³-hybridized carbons (Fsp3) is 0.120. The van der Waals surface area contributed by atoms with E-state index >= 15 is 0 Å². The number of thiophene rings is 1. The molecule has 8 heteroatoms. The third-order valence-electron chi connectivity index (χ3n) is 5.65. The molecule has 1 N–H and O–H groups in total. The molecule has 0 saturated heterocycles. The smallest absolute Gasteiger partial charge is 0.279 e. The Labute approximate surface area is 196 Å². The number of benzene rings is 2. The van der Waals surface area contributed by atoms with E-state index in [1.807, 2.05) is 44.3 Å². The zero-order valence-corrected chi connectivity index (χ0v) is 19.7. The number of nitrogens with zero attached hydrogens (tertiary/aromatic N) is 2. The van der Waals surface area contributed by atoms with Crippen molar-refractivity contribution < 1.29 is 13.2 Å². The van der Waals surface area contributed by atoms with Gasteiger partial charge in [-0.1, -0.05) is 18.2 Å². The maximum Gasteiger partial charge on any atom is 0.279 e. The van der Waals surface area contributed by atoms with Crippen molar-refractivity contribution in [2.24, 2.45) is 0 Å². The van der Waals surface area contributed by atoms with E-state index in [0.717, 1.165) is 37.6 Å². The van der Waals surface area contributed by atoms with E-state index in [0.29, 0.717) is 12.2 Å². The number of hydrogen-bond acceptors (Lipinski definition) is 5. The van der Waals surface area contributed by atoms with Crippen molar-refractivity contribution in [2.75, 3.05) is 11.8 Å². The Hall–Kier alpha value is -3.49. The van der Waals surface area contributed by atoms with Crippen LogP contribution in [0, 0.1) is 6.92 Å². The predicted molar refractivity (Wildman–Crippen MR) is 131 cm³/mol. The van der Waals surface area contributed by atoms with Crippen LogP contribution < -0.4 is 4.72 Å². The van der Waals surface area contributed by atoms with Crippen LogP contribution in [-0.2, 0) is 16.6 Å². The Morgan fingerprint density at radius 2 is 1.79 bits per heavy atom. The van der Waals surface area contributed by atoms with Crippen LogP contribution in [0.4, 0.5) is 5.69 Å². The minimum atomic E-state index is -3.77. The van der Waals surface area contributed by atoms with Gasteiger partial charge in [-0.05, 0) is 77.7 Å². The first-order valence-corrected chi connectivity index (χ1v) is 12.7. The molecule has 0 fully saturated rings. The summed E-state index contributed by atoms with van der Waals surface area (Å²) < 4.78 is 28.0. The largest absolute Gasteiger partial charge is 0.337 e. The van der Waals surface area contributed by atoms with Crippen molar-refractivity contribution in [2.45, 2.75) is 18.5 Å². The third-order valence-corrected chi connectivity index (χ3v) is 8.11. The van der Waals surface area contributed by atoms with Gasteiger partial charge in [0.1, 0.15) is 0 Å². The standard InChI is InChI=1S/C25H21N3O3S2/c1-16-6-8-19(27-33(30,31)24-5-3-4-12-26-24)14-21(16)23-11-10-22(32-23)17-7-9-20-18(13-17)15-28(2)25(20)29/h3-14,27H,15H2,1-2H3. The molecule has 2 aromatic carbocycles. The summed E-state index contributed by atoms with van der Waals surface area (Å²) in [6.45, 7) is 2.63. The molecule has 166 valence electrons. The predicted octanol–water partition coefficient (Wildman–Crippen LogP) is 5.17. The lowest BCUT2D eigenvalue weighted by atomic mass is 10.0. The van der Waals surface area contributed by atoms with Crippen LogP contribution in [-0.4, -0.2) is 31.3 Å². The van der Waals surface area contributed by atoms with Gasteiger partial charge in [0.05, 0.1) is 0 Å². The SMILES string of the molecule is Cc1ccc(NS(=O)(=O)c2ccccn2)cc1-c1ccc(-c2ccc3c(c2)CN(C)C3=O)s1. The maximum absolute atomic E-state index is 12.7. The van der Waals surface area contributed by atoms with E-state index in [9.17, 15) is 13.2 Å². The van der Waals surface area contributed by atoms with Crippen LogP contribution in [0.2, 0.25) is 0 Å². The van der Waals surface area contributed by atoms with Gasteiger partial charge in [-0.25, -0.2) is 4.98 Å². The molecule has 0 atom stereocenters. The number of amides is 1. The monoisotopic (exact) mass is 475 g/mol. The topological polar surface area (TPSA) is 79.4 Å². The van der Waals surface area contributed by atoms with Crippen molar-refractivity contribution in [3.05, 3.63) is 89.6 Å². The number of sulfonamides is 1. The normalized spacial score (nSPS) is 13.3. The Bertz CT molecular complexity index is 1480. The fourth-order valence-electron chi connectivity index (χ4n) is 3.92. The second-order valence-corrected chi connectivity index (χ2v) is 10.7. The summed E-state index contributed by atoms with van der Waals surface area (Å²) >= 11 is 1.64. The third kappa shape index (κ3) is 4.03. The van der Waals surface area contributed by atoms with E-state index < -0.39 is 10.0 Å². The number of carbonyl (C=O) groups excluding carboxylic acids is 1. The molecule has 0 aliphatic carbocycles. The molecule has 2 aromatic heterocycles. The lowest BCUT2D eigenvalue weighted by molar-refractivity contribution is 0.0816. The highest BCUT2D eigenvalue weighted by molar-refractivity contribution is 7.92. The van der Waals surface area contributed by atoms with Crippen molar-refractivity contribution in [3.8, 4) is 20.9 Å². The van der Waals surface area contributed by atoms with Crippen LogP contribution in [0.25, 0.3) is 20.9 Å². The van der Waals surface area contributed by atoms with Gasteiger partial charge < -0.3 is 4.90 Å². The van der Waals surface area contributed by atoms with Gasteiger partial charge >= 0.3 is 0 Å². The van der Waals surface area contributed by atoms with Crippen LogP contribution in [0.1, 0.15) is 21.5 Å². The Balaban J connectivity index is 1.45. The summed E-state index contributed by atoms with van der Waals surface area (Å²) in [6, 6.07) is 20.4. The summed E-state index contributed by atoms with van der Waals surface area (Å²) in [5.74, 6) is 0.0593. The van der Waals surface area contributed by atoms with Gasteiger partial charge in [0.15, 0.2) is 5.03 Å². The van der Waals surface area contributed by atoms with Gasteiger partial charge in [0, 0.05) is 40.8 Å². The summed E-state index contributed by atoms with van der Waals surface area (Å²) in [7, 11) is -1.96. The number of hydrogen-bond donors (Lipinski definition) is 1. The quantitative estimate of drug-likeness (QED) is 0.432. The zero-order valence-electron chi connectivity index (χ0n) is 18.1. The molecule has 1 aliphatic rings. The molecule has 0 spiro atoms. The molecule has 0 saturated carbocycles. The molecule has 4 aromatic rings. The van der Waals surface area contributed by atoms with E-state index in [1.54, 1.807) is 34.4 Å². The first-order valence-electron chi connectivity index (χ1n) is 10.4. The van der Waals surface area contributed by atoms with Crippen LogP contribution in [0.15, 0.2) is 78.0 Å². The van der Waals surface area contributed by atoms with Gasteiger partial charge in [-0.3, -0.25) is 9.52 Å². The molecule has 5 rings (SSSR count). The van der Waals surface area contributed by atoms with Crippen LogP contribution >= 0.6 is 11.3 Å². The highest BCUT2D eigenvalue weighted by Crippen LogP contribution is 2.38. The summed E-state index contributed by atoms with van der Waals surface area (Å²) in [5, 5.41) is -0.0220. The van der Waals surface area contributed by atoms with Gasteiger partial charge in [0.2, 0.25) is 0 Å². The van der Waals surface area contributed by atoms with Crippen molar-refractivity contribution in [1.29, 1.82) is 0 Å². The molecule has 0 radical (unpaired) electrons. The molecule has 0 bridgehead atoms. The van der Waals surface area contributed by atoms with E-state index in [2.05, 4.69) is 21.8 Å². The minimum absolute atomic E-state index is 0.0220. The van der Waals surface area contributed by atoms with Crippen LogP contribution in [0.3, 0.4) is 0 Å². The lowest BCUT2D eigenvalue weighted by Crippen LogP contribution is -2.17. The summed E-state index contributed by atoms with van der Waals surface area (Å²) in [5.41, 5.74) is 5.36. The number of rotatable bonds is 5. The van der Waals surface area contributed by atoms with Crippen molar-refractivity contribution in [1.82, 2.24) is 9.88 Å². The molecular weight excluding hydrogens is 454 g/mol. The second-order valence-electron chi connectivity index (χ2n) is 8.00. The number of fused-ring (bicyclic) bond motifs is 1. The first-order chi connectivity index (χ1) is 15.8. The number of anilines is 1.